The predicted molar refractivity (Wildman–Crippen MR) is 120 cm³/mol. The molecule has 0 unspecified atom stereocenters. The number of pyridine rings is 1. The molecule has 2 aromatic heterocycles. The lowest BCUT2D eigenvalue weighted by molar-refractivity contribution is -0.138. The van der Waals surface area contributed by atoms with Crippen molar-refractivity contribution in [1.82, 2.24) is 4.98 Å². The molecule has 0 saturated carbocycles. The number of amides is 1. The summed E-state index contributed by atoms with van der Waals surface area (Å²) in [7, 11) is 0. The molecule has 5 nitrogen and oxygen atoms in total. The van der Waals surface area contributed by atoms with Crippen LogP contribution in [0, 0.1) is 28.5 Å². The minimum atomic E-state index is -4.83. The summed E-state index contributed by atoms with van der Waals surface area (Å²) in [6.07, 6.45) is -2.27. The van der Waals surface area contributed by atoms with Crippen molar-refractivity contribution in [2.45, 2.75) is 30.5 Å². The number of nitrogens with zero attached hydrogens (tertiary/aromatic N) is 3. The third kappa shape index (κ3) is 4.76. The Labute approximate surface area is 200 Å². The van der Waals surface area contributed by atoms with Gasteiger partial charge in [-0.3, -0.25) is 4.79 Å². The first-order chi connectivity index (χ1) is 16.2. The van der Waals surface area contributed by atoms with Crippen LogP contribution in [-0.2, 0) is 23.8 Å². The summed E-state index contributed by atoms with van der Waals surface area (Å²) in [5.41, 5.74) is -0.391. The summed E-state index contributed by atoms with van der Waals surface area (Å²) in [4.78, 5) is 17.8. The van der Waals surface area contributed by atoms with Gasteiger partial charge in [-0.15, -0.1) is 11.3 Å². The average molecular weight is 503 g/mol. The van der Waals surface area contributed by atoms with Gasteiger partial charge in [0.1, 0.15) is 28.0 Å². The molecule has 0 saturated heterocycles. The minimum absolute atomic E-state index is 0.101. The van der Waals surface area contributed by atoms with E-state index in [2.05, 4.69) is 16.4 Å². The lowest BCUT2D eigenvalue weighted by Crippen LogP contribution is -2.15. The number of alkyl halides is 3. The second-order valence-electron chi connectivity index (χ2n) is 7.36. The van der Waals surface area contributed by atoms with Crippen LogP contribution in [0.5, 0.6) is 0 Å². The Morgan fingerprint density at radius 3 is 2.50 bits per heavy atom. The molecule has 1 aromatic carbocycles. The van der Waals surface area contributed by atoms with E-state index in [4.69, 9.17) is 0 Å². The summed E-state index contributed by atoms with van der Waals surface area (Å²) in [6, 6.07) is 9.13. The molecule has 1 amide bonds. The molecule has 1 aliphatic rings. The molecular formula is C23H14F4N4OS2. The van der Waals surface area contributed by atoms with E-state index in [1.54, 1.807) is 6.07 Å². The number of thioether (sulfide) groups is 1. The average Bonchev–Trinajstić information content (AvgIpc) is 3.37. The smallest absolute Gasteiger partial charge is 0.316 e. The van der Waals surface area contributed by atoms with Crippen molar-refractivity contribution in [1.29, 1.82) is 10.5 Å². The molecule has 0 fully saturated rings. The topological polar surface area (TPSA) is 89.6 Å². The van der Waals surface area contributed by atoms with E-state index in [0.29, 0.717) is 22.3 Å². The molecule has 0 atom stereocenters. The molecule has 0 aliphatic heterocycles. The second kappa shape index (κ2) is 9.45. The fourth-order valence-electron chi connectivity index (χ4n) is 3.63. The summed E-state index contributed by atoms with van der Waals surface area (Å²) >= 11 is 2.01. The first kappa shape index (κ1) is 23.7. The van der Waals surface area contributed by atoms with Gasteiger partial charge in [-0.05, 0) is 55.2 Å². The lowest BCUT2D eigenvalue weighted by atomic mass is 10.1. The van der Waals surface area contributed by atoms with Crippen LogP contribution in [0.4, 0.5) is 22.6 Å². The van der Waals surface area contributed by atoms with Gasteiger partial charge < -0.3 is 5.32 Å². The third-order valence-corrected chi connectivity index (χ3v) is 7.35. The van der Waals surface area contributed by atoms with Gasteiger partial charge in [0.25, 0.3) is 0 Å². The number of aryl methyl sites for hydroxylation is 1. The summed E-state index contributed by atoms with van der Waals surface area (Å²) < 4.78 is 54.3. The zero-order valence-electron chi connectivity index (χ0n) is 17.3. The molecule has 172 valence electrons. The van der Waals surface area contributed by atoms with Crippen LogP contribution in [0.15, 0.2) is 35.4 Å². The van der Waals surface area contributed by atoms with Crippen LogP contribution in [0.1, 0.15) is 33.6 Å². The number of aromatic nitrogens is 1. The number of hydrogen-bond acceptors (Lipinski definition) is 6. The predicted octanol–water partition coefficient (Wildman–Crippen LogP) is 5.93. The normalized spacial score (nSPS) is 12.6. The number of carbonyl (C=O) groups is 1. The van der Waals surface area contributed by atoms with E-state index in [0.717, 1.165) is 47.9 Å². The number of carbonyl (C=O) groups excluding carboxylic acids is 1. The van der Waals surface area contributed by atoms with Crippen LogP contribution < -0.4 is 5.32 Å². The maximum Gasteiger partial charge on any atom is 0.417 e. The molecule has 4 rings (SSSR count). The number of anilines is 1. The number of thiophene rings is 1. The zero-order valence-corrected chi connectivity index (χ0v) is 18.9. The second-order valence-corrected chi connectivity index (χ2v) is 9.43. The van der Waals surface area contributed by atoms with Gasteiger partial charge in [0.2, 0.25) is 5.91 Å². The number of hydrogen-bond donors (Lipinski definition) is 1. The maximum absolute atomic E-state index is 13.7. The van der Waals surface area contributed by atoms with Crippen molar-refractivity contribution in [3.63, 3.8) is 0 Å². The van der Waals surface area contributed by atoms with Crippen LogP contribution in [0.2, 0.25) is 0 Å². The fraction of sp³-hybridized carbons (Fsp3) is 0.217. The first-order valence-corrected chi connectivity index (χ1v) is 11.8. The molecular weight excluding hydrogens is 488 g/mol. The number of halogens is 4. The number of rotatable bonds is 5. The largest absolute Gasteiger partial charge is 0.417 e. The standard InChI is InChI=1S/C23H14F4N4OS2/c24-13-6-4-12(5-7-13)18-8-17(23(25,26)27)16(10-29)21(30-18)33-11-20(32)31-22-15(9-28)14-2-1-3-19(14)34-22/h4-8H,1-3,11H2,(H,31,32). The van der Waals surface area contributed by atoms with E-state index in [1.807, 2.05) is 0 Å². The lowest BCUT2D eigenvalue weighted by Gasteiger charge is -2.14. The van der Waals surface area contributed by atoms with E-state index >= 15 is 0 Å². The molecule has 34 heavy (non-hydrogen) atoms. The molecule has 2 heterocycles. The fourth-order valence-corrected chi connectivity index (χ4v) is 5.69. The molecule has 11 heteroatoms. The van der Waals surface area contributed by atoms with Gasteiger partial charge in [-0.25, -0.2) is 9.37 Å². The van der Waals surface area contributed by atoms with Gasteiger partial charge in [0.05, 0.1) is 28.1 Å². The minimum Gasteiger partial charge on any atom is -0.316 e. The van der Waals surface area contributed by atoms with Crippen molar-refractivity contribution in [2.75, 3.05) is 11.1 Å². The quantitative estimate of drug-likeness (QED) is 0.345. The maximum atomic E-state index is 13.7. The number of benzene rings is 1. The van der Waals surface area contributed by atoms with Crippen LogP contribution >= 0.6 is 23.1 Å². The van der Waals surface area contributed by atoms with Crippen LogP contribution in [0.25, 0.3) is 11.3 Å². The molecule has 1 N–H and O–H groups in total. The Kier molecular flexibility index (Phi) is 6.60. The van der Waals surface area contributed by atoms with E-state index in [-0.39, 0.29) is 22.0 Å². The van der Waals surface area contributed by atoms with Gasteiger partial charge in [-0.1, -0.05) is 11.8 Å². The van der Waals surface area contributed by atoms with Gasteiger partial charge >= 0.3 is 6.18 Å². The highest BCUT2D eigenvalue weighted by atomic mass is 32.2. The number of nitrogens with one attached hydrogen (secondary N) is 1. The summed E-state index contributed by atoms with van der Waals surface area (Å²) in [5, 5.41) is 21.7. The van der Waals surface area contributed by atoms with Crippen molar-refractivity contribution < 1.29 is 22.4 Å². The third-order valence-electron chi connectivity index (χ3n) is 5.17. The molecule has 0 spiro atoms. The highest BCUT2D eigenvalue weighted by molar-refractivity contribution is 8.00. The number of fused-ring (bicyclic) bond motifs is 1. The highest BCUT2D eigenvalue weighted by Crippen LogP contribution is 2.40. The Balaban J connectivity index is 1.61. The Morgan fingerprint density at radius 2 is 1.85 bits per heavy atom. The van der Waals surface area contributed by atoms with Gasteiger partial charge in [-0.2, -0.15) is 23.7 Å². The van der Waals surface area contributed by atoms with Crippen LogP contribution in [-0.4, -0.2) is 16.6 Å². The van der Waals surface area contributed by atoms with E-state index in [9.17, 15) is 32.9 Å². The first-order valence-electron chi connectivity index (χ1n) is 9.96. The zero-order chi connectivity index (χ0) is 24.5. The summed E-state index contributed by atoms with van der Waals surface area (Å²) in [5.74, 6) is -1.41. The van der Waals surface area contributed by atoms with E-state index < -0.39 is 29.0 Å². The molecule has 1 aliphatic carbocycles. The monoisotopic (exact) mass is 502 g/mol. The molecule has 0 bridgehead atoms. The number of nitriles is 2. The van der Waals surface area contributed by atoms with Crippen LogP contribution in [0.3, 0.4) is 0 Å². The Hall–Kier alpha value is -3.41. The Bertz CT molecular complexity index is 1350. The molecule has 3 aromatic rings. The SMILES string of the molecule is N#Cc1c(C(F)(F)F)cc(-c2ccc(F)cc2)nc1SCC(=O)Nc1sc2c(c1C#N)CCC2. The molecule has 0 radical (unpaired) electrons. The van der Waals surface area contributed by atoms with Gasteiger partial charge in [0.15, 0.2) is 0 Å². The Morgan fingerprint density at radius 1 is 1.15 bits per heavy atom. The highest BCUT2D eigenvalue weighted by Gasteiger charge is 2.36. The van der Waals surface area contributed by atoms with Crippen molar-refractivity contribution in [3.8, 4) is 23.4 Å². The van der Waals surface area contributed by atoms with Crippen molar-refractivity contribution >= 4 is 34.0 Å². The van der Waals surface area contributed by atoms with Crippen molar-refractivity contribution in [2.24, 2.45) is 0 Å². The van der Waals surface area contributed by atoms with Gasteiger partial charge in [0, 0.05) is 10.4 Å². The summed E-state index contributed by atoms with van der Waals surface area (Å²) in [6.45, 7) is 0. The van der Waals surface area contributed by atoms with E-state index in [1.165, 1.54) is 23.5 Å². The van der Waals surface area contributed by atoms with Crippen molar-refractivity contribution in [3.05, 3.63) is 63.3 Å².